The van der Waals surface area contributed by atoms with Gasteiger partial charge in [0.1, 0.15) is 17.4 Å². The third-order valence-electron chi connectivity index (χ3n) is 5.51. The van der Waals surface area contributed by atoms with Crippen LogP contribution in [0.5, 0.6) is 11.6 Å². The van der Waals surface area contributed by atoms with E-state index in [0.29, 0.717) is 49.5 Å². The SMILES string of the molecule is Cc1ccc(Oc2cc(N3CCN(C(=O)c4cc([N+](=O)[O-])cc([N+](=O)[O-])c4)CC3)nc(C)n2)cc1. The van der Waals surface area contributed by atoms with Gasteiger partial charge >= 0.3 is 0 Å². The molecular weight excluding hydrogens is 456 g/mol. The average Bonchev–Trinajstić information content (AvgIpc) is 2.84. The Morgan fingerprint density at radius 1 is 0.886 bits per heavy atom. The van der Waals surface area contributed by atoms with Gasteiger partial charge in [-0.3, -0.25) is 25.0 Å². The largest absolute Gasteiger partial charge is 0.439 e. The van der Waals surface area contributed by atoms with Crippen molar-refractivity contribution in [1.82, 2.24) is 14.9 Å². The maximum absolute atomic E-state index is 12.9. The predicted octanol–water partition coefficient (Wildman–Crippen LogP) is 3.66. The van der Waals surface area contributed by atoms with Crippen molar-refractivity contribution in [2.75, 3.05) is 31.1 Å². The number of rotatable bonds is 6. The molecule has 1 aliphatic rings. The van der Waals surface area contributed by atoms with E-state index in [1.165, 1.54) is 4.90 Å². The van der Waals surface area contributed by atoms with Crippen molar-refractivity contribution >= 4 is 23.1 Å². The number of non-ortho nitro benzene ring substituents is 2. The van der Waals surface area contributed by atoms with E-state index in [4.69, 9.17) is 4.74 Å². The van der Waals surface area contributed by atoms with Gasteiger partial charge in [0.05, 0.1) is 21.5 Å². The Bertz CT molecular complexity index is 1260. The van der Waals surface area contributed by atoms with Gasteiger partial charge in [-0.2, -0.15) is 4.98 Å². The molecule has 0 aliphatic carbocycles. The summed E-state index contributed by atoms with van der Waals surface area (Å²) >= 11 is 0. The molecule has 1 aromatic heterocycles. The monoisotopic (exact) mass is 478 g/mol. The third-order valence-corrected chi connectivity index (χ3v) is 5.51. The summed E-state index contributed by atoms with van der Waals surface area (Å²) in [6.45, 7) is 5.27. The minimum absolute atomic E-state index is 0.0917. The van der Waals surface area contributed by atoms with Gasteiger partial charge in [0, 0.05) is 44.4 Å². The van der Waals surface area contributed by atoms with Crippen molar-refractivity contribution in [2.45, 2.75) is 13.8 Å². The summed E-state index contributed by atoms with van der Waals surface area (Å²) in [6.07, 6.45) is 0. The molecule has 4 rings (SSSR count). The summed E-state index contributed by atoms with van der Waals surface area (Å²) in [7, 11) is 0. The van der Waals surface area contributed by atoms with Gasteiger partial charge in [0.25, 0.3) is 17.3 Å². The van der Waals surface area contributed by atoms with Crippen LogP contribution in [0, 0.1) is 34.1 Å². The van der Waals surface area contributed by atoms with Crippen LogP contribution in [0.25, 0.3) is 0 Å². The van der Waals surface area contributed by atoms with Gasteiger partial charge in [0.2, 0.25) is 5.88 Å². The van der Waals surface area contributed by atoms with Crippen molar-refractivity contribution < 1.29 is 19.4 Å². The molecule has 180 valence electrons. The quantitative estimate of drug-likeness (QED) is 0.383. The van der Waals surface area contributed by atoms with Crippen LogP contribution in [-0.4, -0.2) is 56.8 Å². The second kappa shape index (κ2) is 9.71. The molecule has 12 nitrogen and oxygen atoms in total. The number of benzene rings is 2. The molecule has 0 bridgehead atoms. The van der Waals surface area contributed by atoms with E-state index in [1.807, 2.05) is 36.1 Å². The fourth-order valence-corrected chi connectivity index (χ4v) is 3.72. The fourth-order valence-electron chi connectivity index (χ4n) is 3.72. The van der Waals surface area contributed by atoms with Crippen molar-refractivity contribution in [1.29, 1.82) is 0 Å². The number of hydrogen-bond donors (Lipinski definition) is 0. The van der Waals surface area contributed by atoms with Crippen LogP contribution in [0.1, 0.15) is 21.7 Å². The first kappa shape index (κ1) is 23.5. The van der Waals surface area contributed by atoms with Crippen LogP contribution in [0.15, 0.2) is 48.5 Å². The normalized spacial score (nSPS) is 13.4. The molecule has 1 saturated heterocycles. The molecule has 1 fully saturated rings. The van der Waals surface area contributed by atoms with E-state index in [0.717, 1.165) is 23.8 Å². The third kappa shape index (κ3) is 5.49. The first-order valence-corrected chi connectivity index (χ1v) is 10.8. The lowest BCUT2D eigenvalue weighted by Gasteiger charge is -2.35. The molecular formula is C23H22N6O6. The number of aryl methyl sites for hydroxylation is 2. The van der Waals surface area contributed by atoms with Crippen LogP contribution in [0.4, 0.5) is 17.2 Å². The number of carbonyl (C=O) groups excluding carboxylic acids is 1. The number of nitrogens with zero attached hydrogens (tertiary/aromatic N) is 6. The molecule has 2 heterocycles. The van der Waals surface area contributed by atoms with Crippen LogP contribution in [-0.2, 0) is 0 Å². The molecule has 0 saturated carbocycles. The zero-order valence-electron chi connectivity index (χ0n) is 19.1. The van der Waals surface area contributed by atoms with Crippen LogP contribution >= 0.6 is 0 Å². The van der Waals surface area contributed by atoms with Gasteiger partial charge in [-0.1, -0.05) is 17.7 Å². The van der Waals surface area contributed by atoms with Gasteiger partial charge in [0.15, 0.2) is 0 Å². The molecule has 2 aromatic carbocycles. The Kier molecular flexibility index (Phi) is 6.53. The zero-order chi connectivity index (χ0) is 25.1. The number of nitro groups is 2. The Hall–Kier alpha value is -4.61. The van der Waals surface area contributed by atoms with E-state index < -0.39 is 27.1 Å². The summed E-state index contributed by atoms with van der Waals surface area (Å²) in [4.78, 5) is 46.0. The molecule has 0 atom stereocenters. The topological polar surface area (TPSA) is 145 Å². The van der Waals surface area contributed by atoms with E-state index in [2.05, 4.69) is 9.97 Å². The molecule has 0 spiro atoms. The number of hydrogen-bond acceptors (Lipinski definition) is 9. The van der Waals surface area contributed by atoms with Crippen LogP contribution < -0.4 is 9.64 Å². The highest BCUT2D eigenvalue weighted by Crippen LogP contribution is 2.26. The molecule has 12 heteroatoms. The molecule has 3 aromatic rings. The van der Waals surface area contributed by atoms with E-state index in [-0.39, 0.29) is 5.56 Å². The summed E-state index contributed by atoms with van der Waals surface area (Å²) in [5.74, 6) is 1.74. The summed E-state index contributed by atoms with van der Waals surface area (Å²) in [5.41, 5.74) is 0.0209. The maximum Gasteiger partial charge on any atom is 0.277 e. The number of piperazine rings is 1. The molecule has 0 radical (unpaired) electrons. The lowest BCUT2D eigenvalue weighted by molar-refractivity contribution is -0.394. The van der Waals surface area contributed by atoms with Crippen molar-refractivity contribution in [2.24, 2.45) is 0 Å². The van der Waals surface area contributed by atoms with Gasteiger partial charge in [-0.05, 0) is 26.0 Å². The molecule has 0 unspecified atom stereocenters. The van der Waals surface area contributed by atoms with Crippen molar-refractivity contribution in [3.63, 3.8) is 0 Å². The number of ether oxygens (including phenoxy) is 1. The summed E-state index contributed by atoms with van der Waals surface area (Å²) in [6, 6.07) is 12.3. The first-order valence-electron chi connectivity index (χ1n) is 10.8. The Morgan fingerprint density at radius 2 is 1.49 bits per heavy atom. The number of anilines is 1. The number of aromatic nitrogens is 2. The van der Waals surface area contributed by atoms with E-state index in [1.54, 1.807) is 13.0 Å². The van der Waals surface area contributed by atoms with Gasteiger partial charge < -0.3 is 14.5 Å². The van der Waals surface area contributed by atoms with Gasteiger partial charge in [-0.25, -0.2) is 4.98 Å². The summed E-state index contributed by atoms with van der Waals surface area (Å²) < 4.78 is 5.87. The van der Waals surface area contributed by atoms with Gasteiger partial charge in [-0.15, -0.1) is 0 Å². The Morgan fingerprint density at radius 3 is 2.06 bits per heavy atom. The highest BCUT2D eigenvalue weighted by molar-refractivity contribution is 5.95. The smallest absolute Gasteiger partial charge is 0.277 e. The molecule has 1 aliphatic heterocycles. The average molecular weight is 478 g/mol. The Balaban J connectivity index is 1.46. The molecule has 35 heavy (non-hydrogen) atoms. The second-order valence-corrected chi connectivity index (χ2v) is 8.06. The number of carbonyl (C=O) groups is 1. The van der Waals surface area contributed by atoms with Crippen LogP contribution in [0.2, 0.25) is 0 Å². The van der Waals surface area contributed by atoms with Crippen molar-refractivity contribution in [3.05, 3.63) is 85.7 Å². The lowest BCUT2D eigenvalue weighted by Crippen LogP contribution is -2.49. The standard InChI is InChI=1S/C23H22N6O6/c1-15-3-5-20(6-4-15)35-22-14-21(24-16(2)25-22)26-7-9-27(10-8-26)23(30)17-11-18(28(31)32)13-19(12-17)29(33)34/h3-6,11-14H,7-10H2,1-2H3. The number of nitro benzene ring substituents is 2. The second-order valence-electron chi connectivity index (χ2n) is 8.06. The molecule has 0 N–H and O–H groups in total. The maximum atomic E-state index is 12.9. The predicted molar refractivity (Wildman–Crippen MR) is 126 cm³/mol. The lowest BCUT2D eigenvalue weighted by atomic mass is 10.1. The van der Waals surface area contributed by atoms with E-state index >= 15 is 0 Å². The highest BCUT2D eigenvalue weighted by atomic mass is 16.6. The first-order chi connectivity index (χ1) is 16.7. The minimum atomic E-state index is -0.755. The highest BCUT2D eigenvalue weighted by Gasteiger charge is 2.27. The van der Waals surface area contributed by atoms with Crippen LogP contribution in [0.3, 0.4) is 0 Å². The minimum Gasteiger partial charge on any atom is -0.439 e. The zero-order valence-corrected chi connectivity index (χ0v) is 19.1. The van der Waals surface area contributed by atoms with Crippen molar-refractivity contribution in [3.8, 4) is 11.6 Å². The fraction of sp³-hybridized carbons (Fsp3) is 0.261. The Labute approximate surface area is 200 Å². The number of amides is 1. The molecule has 1 amide bonds. The summed E-state index contributed by atoms with van der Waals surface area (Å²) in [5, 5.41) is 22.3. The van der Waals surface area contributed by atoms with E-state index in [9.17, 15) is 25.0 Å².